The fourth-order valence-corrected chi connectivity index (χ4v) is 3.88. The second kappa shape index (κ2) is 10.1. The highest BCUT2D eigenvalue weighted by Crippen LogP contribution is 2.35. The van der Waals surface area contributed by atoms with Crippen LogP contribution in [-0.4, -0.2) is 38.8 Å². The van der Waals surface area contributed by atoms with E-state index >= 15 is 0 Å². The quantitative estimate of drug-likeness (QED) is 0.565. The number of benzene rings is 2. The molecule has 0 aromatic heterocycles. The minimum absolute atomic E-state index is 0.0198. The lowest BCUT2D eigenvalue weighted by molar-refractivity contribution is -0.137. The van der Waals surface area contributed by atoms with Gasteiger partial charge in [0, 0.05) is 20.0 Å². The molecule has 0 radical (unpaired) electrons. The van der Waals surface area contributed by atoms with E-state index in [1.165, 1.54) is 7.05 Å². The highest BCUT2D eigenvalue weighted by molar-refractivity contribution is 7.89. The van der Waals surface area contributed by atoms with E-state index in [1.54, 1.807) is 6.92 Å². The number of nitrogens with zero attached hydrogens (tertiary/aromatic N) is 1. The molecule has 2 aromatic carbocycles. The molecule has 0 atom stereocenters. The average molecular weight is 462 g/mol. The number of hydrogen-bond donors (Lipinski definition) is 1. The lowest BCUT2D eigenvalue weighted by atomic mass is 10.1. The van der Waals surface area contributed by atoms with E-state index < -0.39 is 33.5 Å². The minimum Gasteiger partial charge on any atom is -0.492 e. The number of alkyl halides is 3. The van der Waals surface area contributed by atoms with Crippen molar-refractivity contribution in [2.45, 2.75) is 30.8 Å². The molecule has 0 aliphatic rings. The summed E-state index contributed by atoms with van der Waals surface area (Å²) in [5, 5.41) is 2.38. The first-order valence-corrected chi connectivity index (χ1v) is 10.7. The van der Waals surface area contributed by atoms with Gasteiger partial charge in [0.05, 0.1) is 22.8 Å². The smallest absolute Gasteiger partial charge is 0.416 e. The van der Waals surface area contributed by atoms with Gasteiger partial charge in [-0.15, -0.1) is 0 Å². The summed E-state index contributed by atoms with van der Waals surface area (Å²) in [4.78, 5) is 12.1. The molecular formula is C20H22F4N2O4S. The third-order valence-electron chi connectivity index (χ3n) is 4.28. The molecule has 0 saturated carbocycles. The van der Waals surface area contributed by atoms with Gasteiger partial charge in [0.2, 0.25) is 15.9 Å². The molecule has 0 aliphatic heterocycles. The number of rotatable bonds is 9. The zero-order valence-electron chi connectivity index (χ0n) is 16.9. The van der Waals surface area contributed by atoms with Crippen LogP contribution in [0, 0.1) is 5.82 Å². The molecule has 11 heteroatoms. The van der Waals surface area contributed by atoms with Crippen molar-refractivity contribution in [3.8, 4) is 5.75 Å². The fraction of sp³-hybridized carbons (Fsp3) is 0.350. The second-order valence-corrected chi connectivity index (χ2v) is 8.62. The third kappa shape index (κ3) is 6.66. The molecule has 0 saturated heterocycles. The van der Waals surface area contributed by atoms with Gasteiger partial charge in [-0.2, -0.15) is 13.2 Å². The molecule has 0 fully saturated rings. The maximum absolute atomic E-state index is 13.0. The van der Waals surface area contributed by atoms with Crippen molar-refractivity contribution < 1.29 is 35.5 Å². The normalized spacial score (nSPS) is 12.1. The molecule has 2 rings (SSSR count). The van der Waals surface area contributed by atoms with Gasteiger partial charge in [-0.05, 0) is 55.8 Å². The topological polar surface area (TPSA) is 75.7 Å². The van der Waals surface area contributed by atoms with Crippen molar-refractivity contribution in [3.63, 3.8) is 0 Å². The largest absolute Gasteiger partial charge is 0.492 e. The van der Waals surface area contributed by atoms with E-state index in [-0.39, 0.29) is 42.3 Å². The average Bonchev–Trinajstić information content (AvgIpc) is 2.69. The standard InChI is InChI=1S/C20H22F4N2O4S/c1-3-30-18-11-6-14(20(22,23)24)13-17(18)25-19(27)5-4-12-26(2)31(28,29)16-9-7-15(21)8-10-16/h6-11,13H,3-5,12H2,1-2H3,(H,25,27). The minimum atomic E-state index is -4.58. The van der Waals surface area contributed by atoms with Gasteiger partial charge < -0.3 is 10.1 Å². The Labute approximate surface area is 177 Å². The van der Waals surface area contributed by atoms with E-state index in [0.717, 1.165) is 46.8 Å². The van der Waals surface area contributed by atoms with Crippen LogP contribution in [0.25, 0.3) is 0 Å². The zero-order valence-corrected chi connectivity index (χ0v) is 17.7. The molecule has 0 bridgehead atoms. The van der Waals surface area contributed by atoms with Gasteiger partial charge in [0.1, 0.15) is 11.6 Å². The predicted molar refractivity (Wildman–Crippen MR) is 107 cm³/mol. The Kier molecular flexibility index (Phi) is 8.02. The zero-order chi connectivity index (χ0) is 23.2. The van der Waals surface area contributed by atoms with E-state index in [4.69, 9.17) is 4.74 Å². The molecular weight excluding hydrogens is 440 g/mol. The fourth-order valence-electron chi connectivity index (χ4n) is 2.67. The van der Waals surface area contributed by atoms with Crippen LogP contribution < -0.4 is 10.1 Å². The lowest BCUT2D eigenvalue weighted by Gasteiger charge is -2.17. The first-order chi connectivity index (χ1) is 14.4. The van der Waals surface area contributed by atoms with Gasteiger partial charge in [0.25, 0.3) is 0 Å². The Hall–Kier alpha value is -2.66. The molecule has 0 spiro atoms. The van der Waals surface area contributed by atoms with Crippen LogP contribution in [0.2, 0.25) is 0 Å². The van der Waals surface area contributed by atoms with Gasteiger partial charge in [-0.1, -0.05) is 0 Å². The lowest BCUT2D eigenvalue weighted by Crippen LogP contribution is -2.28. The highest BCUT2D eigenvalue weighted by atomic mass is 32.2. The molecule has 0 aliphatic carbocycles. The Morgan fingerprint density at radius 3 is 2.35 bits per heavy atom. The van der Waals surface area contributed by atoms with E-state index in [9.17, 15) is 30.8 Å². The van der Waals surface area contributed by atoms with Gasteiger partial charge >= 0.3 is 6.18 Å². The Balaban J connectivity index is 1.99. The van der Waals surface area contributed by atoms with Crippen molar-refractivity contribution >= 4 is 21.6 Å². The van der Waals surface area contributed by atoms with Crippen molar-refractivity contribution in [2.75, 3.05) is 25.5 Å². The predicted octanol–water partition coefficient (Wildman–Crippen LogP) is 4.28. The van der Waals surface area contributed by atoms with Crippen molar-refractivity contribution in [1.29, 1.82) is 0 Å². The summed E-state index contributed by atoms with van der Waals surface area (Å²) < 4.78 is 83.0. The van der Waals surface area contributed by atoms with Gasteiger partial charge in [-0.3, -0.25) is 4.79 Å². The summed E-state index contributed by atoms with van der Waals surface area (Å²) in [6.07, 6.45) is -4.60. The second-order valence-electron chi connectivity index (χ2n) is 6.57. The van der Waals surface area contributed by atoms with Gasteiger partial charge in [0.15, 0.2) is 0 Å². The molecule has 2 aromatic rings. The number of anilines is 1. The summed E-state index contributed by atoms with van der Waals surface area (Å²) in [6.45, 7) is 1.83. The van der Waals surface area contributed by atoms with Gasteiger partial charge in [-0.25, -0.2) is 17.1 Å². The molecule has 6 nitrogen and oxygen atoms in total. The first kappa shape index (κ1) is 24.6. The maximum atomic E-state index is 13.0. The maximum Gasteiger partial charge on any atom is 0.416 e. The SMILES string of the molecule is CCOc1ccc(C(F)(F)F)cc1NC(=O)CCCN(C)S(=O)(=O)c1ccc(F)cc1. The summed E-state index contributed by atoms with van der Waals surface area (Å²) in [5.74, 6) is -1.06. The van der Waals surface area contributed by atoms with Crippen LogP contribution in [0.1, 0.15) is 25.3 Å². The van der Waals surface area contributed by atoms with Crippen molar-refractivity contribution in [1.82, 2.24) is 4.31 Å². The van der Waals surface area contributed by atoms with Crippen LogP contribution in [0.3, 0.4) is 0 Å². The molecule has 1 amide bonds. The van der Waals surface area contributed by atoms with E-state index in [0.29, 0.717) is 0 Å². The Bertz CT molecular complexity index is 1010. The van der Waals surface area contributed by atoms with Crippen LogP contribution in [0.5, 0.6) is 5.75 Å². The van der Waals surface area contributed by atoms with E-state index in [2.05, 4.69) is 5.32 Å². The monoisotopic (exact) mass is 462 g/mol. The number of hydrogen-bond acceptors (Lipinski definition) is 4. The number of nitrogens with one attached hydrogen (secondary N) is 1. The molecule has 170 valence electrons. The van der Waals surface area contributed by atoms with Crippen molar-refractivity contribution in [3.05, 3.63) is 53.8 Å². The van der Waals surface area contributed by atoms with Crippen LogP contribution >= 0.6 is 0 Å². The molecule has 0 heterocycles. The molecule has 31 heavy (non-hydrogen) atoms. The number of carbonyl (C=O) groups excluding carboxylic acids is 1. The highest BCUT2D eigenvalue weighted by Gasteiger charge is 2.31. The Morgan fingerprint density at radius 2 is 1.77 bits per heavy atom. The molecule has 1 N–H and O–H groups in total. The number of amides is 1. The van der Waals surface area contributed by atoms with Crippen LogP contribution in [-0.2, 0) is 21.0 Å². The van der Waals surface area contributed by atoms with Crippen LogP contribution in [0.4, 0.5) is 23.2 Å². The molecule has 0 unspecified atom stereocenters. The third-order valence-corrected chi connectivity index (χ3v) is 6.15. The summed E-state index contributed by atoms with van der Waals surface area (Å²) in [6, 6.07) is 7.10. The number of carbonyl (C=O) groups is 1. The van der Waals surface area contributed by atoms with Crippen molar-refractivity contribution in [2.24, 2.45) is 0 Å². The summed E-state index contributed by atoms with van der Waals surface area (Å²) in [5.41, 5.74) is -1.05. The summed E-state index contributed by atoms with van der Waals surface area (Å²) >= 11 is 0. The first-order valence-electron chi connectivity index (χ1n) is 9.31. The number of sulfonamides is 1. The van der Waals surface area contributed by atoms with Crippen LogP contribution in [0.15, 0.2) is 47.4 Å². The van der Waals surface area contributed by atoms with E-state index in [1.807, 2.05) is 0 Å². The Morgan fingerprint density at radius 1 is 1.13 bits per heavy atom. The number of ether oxygens (including phenoxy) is 1. The summed E-state index contributed by atoms with van der Waals surface area (Å²) in [7, 11) is -2.54. The number of halogens is 4.